The van der Waals surface area contributed by atoms with Gasteiger partial charge in [-0.25, -0.2) is 4.39 Å². The van der Waals surface area contributed by atoms with E-state index in [2.05, 4.69) is 4.90 Å². The Morgan fingerprint density at radius 2 is 1.95 bits per heavy atom. The zero-order chi connectivity index (χ0) is 13.9. The predicted molar refractivity (Wildman–Crippen MR) is 75.6 cm³/mol. The van der Waals surface area contributed by atoms with E-state index in [-0.39, 0.29) is 11.7 Å². The normalized spacial score (nSPS) is 18.8. The van der Waals surface area contributed by atoms with Crippen molar-refractivity contribution in [1.29, 1.82) is 0 Å². The summed E-state index contributed by atoms with van der Waals surface area (Å²) < 4.78 is 13.8. The molecule has 1 aliphatic heterocycles. The van der Waals surface area contributed by atoms with Gasteiger partial charge in [-0.1, -0.05) is 18.2 Å². The fraction of sp³-hybridized carbons (Fsp3) is 0.562. The summed E-state index contributed by atoms with van der Waals surface area (Å²) in [4.78, 5) is 16.3. The topological polar surface area (TPSA) is 23.6 Å². The van der Waals surface area contributed by atoms with Gasteiger partial charge in [-0.05, 0) is 31.7 Å². The summed E-state index contributed by atoms with van der Waals surface area (Å²) in [5.74, 6) is 0.0255. The lowest BCUT2D eigenvalue weighted by Gasteiger charge is -2.24. The number of carbonyl (C=O) groups is 1. The third kappa shape index (κ3) is 3.18. The van der Waals surface area contributed by atoms with Crippen molar-refractivity contribution in [3.63, 3.8) is 0 Å². The zero-order valence-electron chi connectivity index (χ0n) is 11.7. The van der Waals surface area contributed by atoms with E-state index in [4.69, 9.17) is 0 Å². The van der Waals surface area contributed by atoms with Crippen LogP contribution in [0.2, 0.25) is 0 Å². The summed E-state index contributed by atoms with van der Waals surface area (Å²) in [7, 11) is 0. The average Bonchev–Trinajstić information content (AvgIpc) is 3.14. The molecule has 1 aromatic carbocycles. The molecule has 20 heavy (non-hydrogen) atoms. The van der Waals surface area contributed by atoms with E-state index >= 15 is 0 Å². The molecule has 0 N–H and O–H groups in total. The maximum absolute atomic E-state index is 13.8. The molecule has 2 aliphatic rings. The van der Waals surface area contributed by atoms with Gasteiger partial charge in [-0.2, -0.15) is 0 Å². The van der Waals surface area contributed by atoms with E-state index in [1.807, 2.05) is 17.0 Å². The van der Waals surface area contributed by atoms with Gasteiger partial charge >= 0.3 is 0 Å². The van der Waals surface area contributed by atoms with Crippen LogP contribution in [-0.4, -0.2) is 41.4 Å². The maximum atomic E-state index is 13.8. The van der Waals surface area contributed by atoms with Gasteiger partial charge in [0, 0.05) is 31.2 Å². The molecular weight excluding hydrogens is 255 g/mol. The smallest absolute Gasteiger partial charge is 0.236 e. The first-order valence-electron chi connectivity index (χ1n) is 7.49. The number of hydrogen-bond acceptors (Lipinski definition) is 2. The van der Waals surface area contributed by atoms with Crippen LogP contribution in [0.1, 0.15) is 31.2 Å². The van der Waals surface area contributed by atoms with Crippen molar-refractivity contribution in [1.82, 2.24) is 9.80 Å². The van der Waals surface area contributed by atoms with Crippen molar-refractivity contribution < 1.29 is 9.18 Å². The van der Waals surface area contributed by atoms with Crippen molar-refractivity contribution in [2.75, 3.05) is 19.6 Å². The van der Waals surface area contributed by atoms with Gasteiger partial charge < -0.3 is 4.90 Å². The SMILES string of the molecule is O=C(CN(Cc1ccccc1F)C1CC1)N1CCCC1. The number of likely N-dealkylation sites (tertiary alicyclic amines) is 1. The van der Waals surface area contributed by atoms with E-state index in [9.17, 15) is 9.18 Å². The minimum absolute atomic E-state index is 0.174. The Morgan fingerprint density at radius 3 is 2.60 bits per heavy atom. The van der Waals surface area contributed by atoms with E-state index in [0.717, 1.165) is 38.8 Å². The highest BCUT2D eigenvalue weighted by atomic mass is 19.1. The molecule has 2 fully saturated rings. The van der Waals surface area contributed by atoms with Crippen molar-refractivity contribution >= 4 is 5.91 Å². The van der Waals surface area contributed by atoms with Gasteiger partial charge in [-0.3, -0.25) is 9.69 Å². The highest BCUT2D eigenvalue weighted by Crippen LogP contribution is 2.28. The second kappa shape index (κ2) is 5.92. The first kappa shape index (κ1) is 13.6. The van der Waals surface area contributed by atoms with Crippen molar-refractivity contribution in [2.24, 2.45) is 0 Å². The molecule has 0 radical (unpaired) electrons. The lowest BCUT2D eigenvalue weighted by Crippen LogP contribution is -2.39. The van der Waals surface area contributed by atoms with Crippen LogP contribution in [0.3, 0.4) is 0 Å². The number of carbonyl (C=O) groups excluding carboxylic acids is 1. The van der Waals surface area contributed by atoms with Crippen LogP contribution < -0.4 is 0 Å². The van der Waals surface area contributed by atoms with Crippen LogP contribution in [0.15, 0.2) is 24.3 Å². The monoisotopic (exact) mass is 276 g/mol. The minimum atomic E-state index is -0.174. The fourth-order valence-electron chi connectivity index (χ4n) is 2.84. The standard InChI is InChI=1S/C16H21FN2O/c17-15-6-2-1-5-13(15)11-19(14-7-8-14)12-16(20)18-9-3-4-10-18/h1-2,5-6,14H,3-4,7-12H2. The first-order chi connectivity index (χ1) is 9.74. The average molecular weight is 276 g/mol. The molecule has 1 saturated carbocycles. The molecule has 3 nitrogen and oxygen atoms in total. The molecule has 1 aliphatic carbocycles. The van der Waals surface area contributed by atoms with E-state index in [1.54, 1.807) is 6.07 Å². The Bertz CT molecular complexity index is 481. The van der Waals surface area contributed by atoms with Crippen LogP contribution >= 0.6 is 0 Å². The summed E-state index contributed by atoms with van der Waals surface area (Å²) in [6, 6.07) is 7.32. The first-order valence-corrected chi connectivity index (χ1v) is 7.49. The lowest BCUT2D eigenvalue weighted by molar-refractivity contribution is -0.131. The molecule has 1 saturated heterocycles. The molecule has 1 amide bonds. The van der Waals surface area contributed by atoms with Gasteiger partial charge in [0.25, 0.3) is 0 Å². The second-order valence-corrected chi connectivity index (χ2v) is 5.82. The third-order valence-corrected chi connectivity index (χ3v) is 4.19. The zero-order valence-corrected chi connectivity index (χ0v) is 11.7. The number of halogens is 1. The molecule has 0 atom stereocenters. The molecule has 0 aromatic heterocycles. The van der Waals surface area contributed by atoms with Crippen LogP contribution in [0.5, 0.6) is 0 Å². The number of hydrogen-bond donors (Lipinski definition) is 0. The van der Waals surface area contributed by atoms with E-state index in [0.29, 0.717) is 24.7 Å². The summed E-state index contributed by atoms with van der Waals surface area (Å²) in [5.41, 5.74) is 0.689. The summed E-state index contributed by atoms with van der Waals surface area (Å²) in [5, 5.41) is 0. The molecule has 3 rings (SSSR count). The highest BCUT2D eigenvalue weighted by Gasteiger charge is 2.32. The molecule has 0 spiro atoms. The number of benzene rings is 1. The minimum Gasteiger partial charge on any atom is -0.342 e. The van der Waals surface area contributed by atoms with Gasteiger partial charge in [0.05, 0.1) is 6.54 Å². The second-order valence-electron chi connectivity index (χ2n) is 5.82. The van der Waals surface area contributed by atoms with Crippen LogP contribution in [0.4, 0.5) is 4.39 Å². The summed E-state index contributed by atoms with van der Waals surface area (Å²) >= 11 is 0. The molecule has 1 aromatic rings. The van der Waals surface area contributed by atoms with Gasteiger partial charge in [-0.15, -0.1) is 0 Å². The van der Waals surface area contributed by atoms with Crippen molar-refractivity contribution in [2.45, 2.75) is 38.3 Å². The third-order valence-electron chi connectivity index (χ3n) is 4.19. The Balaban J connectivity index is 1.64. The highest BCUT2D eigenvalue weighted by molar-refractivity contribution is 5.78. The molecule has 1 heterocycles. The van der Waals surface area contributed by atoms with Crippen molar-refractivity contribution in [3.8, 4) is 0 Å². The largest absolute Gasteiger partial charge is 0.342 e. The summed E-state index contributed by atoms with van der Waals surface area (Å²) in [6.45, 7) is 2.74. The van der Waals surface area contributed by atoms with Gasteiger partial charge in [0.1, 0.15) is 5.82 Å². The van der Waals surface area contributed by atoms with Crippen molar-refractivity contribution in [3.05, 3.63) is 35.6 Å². The lowest BCUT2D eigenvalue weighted by atomic mass is 10.2. The maximum Gasteiger partial charge on any atom is 0.236 e. The van der Waals surface area contributed by atoms with Crippen LogP contribution in [0, 0.1) is 5.82 Å². The Morgan fingerprint density at radius 1 is 1.25 bits per heavy atom. The van der Waals surface area contributed by atoms with Gasteiger partial charge in [0.2, 0.25) is 5.91 Å². The molecule has 108 valence electrons. The number of rotatable bonds is 5. The number of amides is 1. The number of nitrogens with zero attached hydrogens (tertiary/aromatic N) is 2. The fourth-order valence-corrected chi connectivity index (χ4v) is 2.84. The van der Waals surface area contributed by atoms with Crippen LogP contribution in [-0.2, 0) is 11.3 Å². The molecule has 0 unspecified atom stereocenters. The Kier molecular flexibility index (Phi) is 4.01. The Hall–Kier alpha value is -1.42. The molecule has 0 bridgehead atoms. The molecule has 4 heteroatoms. The summed E-state index contributed by atoms with van der Waals surface area (Å²) in [6.07, 6.45) is 4.48. The predicted octanol–water partition coefficient (Wildman–Crippen LogP) is 2.41. The molecular formula is C16H21FN2O. The quantitative estimate of drug-likeness (QED) is 0.824. The van der Waals surface area contributed by atoms with E-state index in [1.165, 1.54) is 6.07 Å². The van der Waals surface area contributed by atoms with E-state index < -0.39 is 0 Å². The Labute approximate surface area is 119 Å². The van der Waals surface area contributed by atoms with Gasteiger partial charge in [0.15, 0.2) is 0 Å². The van der Waals surface area contributed by atoms with Crippen LogP contribution in [0.25, 0.3) is 0 Å².